The maximum atomic E-state index is 13.0. The summed E-state index contributed by atoms with van der Waals surface area (Å²) in [5, 5.41) is 14.6. The molecule has 0 radical (unpaired) electrons. The quantitative estimate of drug-likeness (QED) is 0.167. The number of β-lactam (4-membered cyclic amide) rings is 1. The molecule has 2 aliphatic rings. The lowest BCUT2D eigenvalue weighted by molar-refractivity contribution is -0.150. The van der Waals surface area contributed by atoms with E-state index in [1.165, 1.54) is 47.0 Å². The largest absolute Gasteiger partial charge is 0.477 e. The average Bonchev–Trinajstić information content (AvgIpc) is 3.31. The number of nitrogen functional groups attached to an aromatic ring is 1. The first-order chi connectivity index (χ1) is 17.8. The number of amides is 2. The zero-order valence-corrected chi connectivity index (χ0v) is 22.8. The van der Waals surface area contributed by atoms with Crippen LogP contribution in [0.3, 0.4) is 0 Å². The summed E-state index contributed by atoms with van der Waals surface area (Å²) in [4.78, 5) is 59.4. The Hall–Kier alpha value is -2.37. The van der Waals surface area contributed by atoms with Crippen LogP contribution in [0.25, 0.3) is 0 Å². The fourth-order valence-corrected chi connectivity index (χ4v) is 8.25. The smallest absolute Gasteiger partial charge is 0.353 e. The van der Waals surface area contributed by atoms with Gasteiger partial charge in [0.2, 0.25) is 6.04 Å². The van der Waals surface area contributed by atoms with Crippen LogP contribution in [0, 0.1) is 4.91 Å². The first kappa shape index (κ1) is 27.7. The molecule has 4 heterocycles. The van der Waals surface area contributed by atoms with Gasteiger partial charge in [0.15, 0.2) is 0 Å². The normalized spacial score (nSPS) is 19.7. The second kappa shape index (κ2) is 12.0. The van der Waals surface area contributed by atoms with Gasteiger partial charge in [0.1, 0.15) is 22.9 Å². The van der Waals surface area contributed by atoms with E-state index >= 15 is 0 Å². The minimum Gasteiger partial charge on any atom is -0.477 e. The molecule has 0 bridgehead atoms. The van der Waals surface area contributed by atoms with Gasteiger partial charge >= 0.3 is 5.97 Å². The summed E-state index contributed by atoms with van der Waals surface area (Å²) in [5.41, 5.74) is 13.4. The van der Waals surface area contributed by atoms with Gasteiger partial charge in [-0.2, -0.15) is 11.8 Å². The topological polar surface area (TPSA) is 194 Å². The molecule has 1 saturated heterocycles. The summed E-state index contributed by atoms with van der Waals surface area (Å²) >= 11 is 11.7. The molecule has 0 spiro atoms. The molecule has 3 atom stereocenters. The van der Waals surface area contributed by atoms with Crippen LogP contribution in [0.5, 0.6) is 0 Å². The van der Waals surface area contributed by atoms with Crippen molar-refractivity contribution in [1.29, 1.82) is 0 Å². The fourth-order valence-electron chi connectivity index (χ4n) is 3.59. The van der Waals surface area contributed by atoms with Crippen molar-refractivity contribution in [2.45, 2.75) is 27.4 Å². The molecule has 2 aromatic rings. The minimum atomic E-state index is -1.63. The number of carbonyl (C=O) groups excluding carboxylic acids is 2. The molecule has 2 aromatic heterocycles. The monoisotopic (exact) mass is 601 g/mol. The number of nitrogens with one attached hydrogen (secondary N) is 1. The molecule has 1 unspecified atom stereocenters. The number of nitroso groups, excluding NO2 is 1. The molecule has 0 saturated carbocycles. The van der Waals surface area contributed by atoms with Gasteiger partial charge in [-0.1, -0.05) is 23.4 Å². The lowest BCUT2D eigenvalue weighted by atomic mass is 10.0. The molecule has 1 fully saturated rings. The van der Waals surface area contributed by atoms with Gasteiger partial charge in [-0.3, -0.25) is 14.5 Å². The number of aromatic nitrogens is 2. The van der Waals surface area contributed by atoms with Crippen LogP contribution >= 0.6 is 58.2 Å². The maximum Gasteiger partial charge on any atom is 0.353 e. The van der Waals surface area contributed by atoms with Crippen molar-refractivity contribution in [2.24, 2.45) is 10.9 Å². The van der Waals surface area contributed by atoms with E-state index in [9.17, 15) is 24.4 Å². The van der Waals surface area contributed by atoms with E-state index in [4.69, 9.17) is 23.1 Å². The van der Waals surface area contributed by atoms with Gasteiger partial charge in [-0.15, -0.1) is 28.0 Å². The Morgan fingerprint density at radius 1 is 1.41 bits per heavy atom. The standard InChI is InChI=1S/C20H20ClN7O5S4/c21-8-1-2-11(23)25-12(8)13(27-33)16(29)26-14-17(30)28-15(19(31)32)10(6-35-18(14)28)37-20-9(24-7-36-20)5-34-4-3-22/h1-2,7,13-14,18H,3-6,22H2,(H2,23,25)(H,26,29)(H,31,32)/t13?,14-,18+/m1/s1. The van der Waals surface area contributed by atoms with Crippen LogP contribution in [-0.2, 0) is 20.1 Å². The van der Waals surface area contributed by atoms with Gasteiger partial charge in [-0.25, -0.2) is 14.8 Å². The van der Waals surface area contributed by atoms with Crippen LogP contribution < -0.4 is 16.8 Å². The number of nitrogens with two attached hydrogens (primary N) is 2. The van der Waals surface area contributed by atoms with Crippen LogP contribution in [-0.4, -0.2) is 67.2 Å². The van der Waals surface area contributed by atoms with Crippen LogP contribution in [0.15, 0.2) is 37.6 Å². The van der Waals surface area contributed by atoms with Crippen LogP contribution in [0.1, 0.15) is 17.4 Å². The van der Waals surface area contributed by atoms with Crippen LogP contribution in [0.4, 0.5) is 5.82 Å². The highest BCUT2D eigenvalue weighted by atomic mass is 35.5. The summed E-state index contributed by atoms with van der Waals surface area (Å²) in [6.07, 6.45) is 0. The van der Waals surface area contributed by atoms with Crippen molar-refractivity contribution in [3.8, 4) is 0 Å². The molecule has 17 heteroatoms. The van der Waals surface area contributed by atoms with Crippen LogP contribution in [0.2, 0.25) is 5.02 Å². The summed E-state index contributed by atoms with van der Waals surface area (Å²) < 4.78 is 0.849. The molecule has 0 aromatic carbocycles. The summed E-state index contributed by atoms with van der Waals surface area (Å²) in [6, 6.07) is 0.108. The number of aliphatic carboxylic acids is 1. The first-order valence-electron chi connectivity index (χ1n) is 10.6. The highest BCUT2D eigenvalue weighted by Gasteiger charge is 2.55. The van der Waals surface area contributed by atoms with E-state index < -0.39 is 35.2 Å². The Bertz CT molecular complexity index is 1280. The van der Waals surface area contributed by atoms with E-state index in [2.05, 4.69) is 20.5 Å². The molecule has 0 aliphatic carbocycles. The zero-order valence-electron chi connectivity index (χ0n) is 18.8. The Morgan fingerprint density at radius 3 is 2.89 bits per heavy atom. The lowest BCUT2D eigenvalue weighted by Crippen LogP contribution is -2.70. The molecule has 6 N–H and O–H groups in total. The number of carboxylic acid groups (broad SMARTS) is 1. The number of pyridine rings is 1. The third-order valence-electron chi connectivity index (χ3n) is 5.26. The number of anilines is 1. The fraction of sp³-hybridized carbons (Fsp3) is 0.350. The number of nitrogens with zero attached hydrogens (tertiary/aromatic N) is 4. The first-order valence-corrected chi connectivity index (χ1v) is 14.9. The molecule has 2 amide bonds. The van der Waals surface area contributed by atoms with E-state index in [1.54, 1.807) is 17.3 Å². The third kappa shape index (κ3) is 5.73. The number of halogens is 1. The van der Waals surface area contributed by atoms with E-state index in [0.29, 0.717) is 23.0 Å². The maximum absolute atomic E-state index is 13.0. The predicted molar refractivity (Wildman–Crippen MR) is 145 cm³/mol. The third-order valence-corrected chi connectivity index (χ3v) is 10.3. The van der Waals surface area contributed by atoms with Crippen molar-refractivity contribution in [3.05, 3.63) is 49.6 Å². The molecule has 37 heavy (non-hydrogen) atoms. The van der Waals surface area contributed by atoms with Crippen molar-refractivity contribution >= 4 is 81.8 Å². The highest BCUT2D eigenvalue weighted by Crippen LogP contribution is 2.46. The molecular weight excluding hydrogens is 582 g/mol. The Morgan fingerprint density at radius 2 is 2.19 bits per heavy atom. The van der Waals surface area contributed by atoms with Crippen molar-refractivity contribution < 1.29 is 19.5 Å². The SMILES string of the molecule is NCCSCc1ncsc1SC1=C(C(=O)O)N2C(=O)[C@@H](NC(=O)C(N=O)c3nc(N)ccc3Cl)[C@@H]2SC1. The van der Waals surface area contributed by atoms with Gasteiger partial charge in [0.05, 0.1) is 26.1 Å². The van der Waals surface area contributed by atoms with Crippen molar-refractivity contribution in [1.82, 2.24) is 20.2 Å². The number of rotatable bonds is 11. The Balaban J connectivity index is 1.50. The zero-order chi connectivity index (χ0) is 26.7. The number of carboxylic acids is 1. The van der Waals surface area contributed by atoms with Gasteiger partial charge < -0.3 is 21.9 Å². The number of thioether (sulfide) groups is 3. The van der Waals surface area contributed by atoms with Crippen molar-refractivity contribution in [2.75, 3.05) is 23.8 Å². The number of carbonyl (C=O) groups is 3. The number of fused-ring (bicyclic) bond motifs is 1. The molecular formula is C20H20ClN7O5S4. The number of hydrogen-bond acceptors (Lipinski definition) is 13. The minimum absolute atomic E-state index is 0.0178. The summed E-state index contributed by atoms with van der Waals surface area (Å²) in [7, 11) is 0. The molecule has 196 valence electrons. The summed E-state index contributed by atoms with van der Waals surface area (Å²) in [5.74, 6) is -0.991. The second-order valence-corrected chi connectivity index (χ2v) is 12.4. The molecule has 2 aliphatic heterocycles. The van der Waals surface area contributed by atoms with E-state index in [-0.39, 0.29) is 22.2 Å². The highest BCUT2D eigenvalue weighted by molar-refractivity contribution is 8.07. The Kier molecular flexibility index (Phi) is 8.97. The van der Waals surface area contributed by atoms with E-state index in [1.807, 2.05) is 0 Å². The van der Waals surface area contributed by atoms with Gasteiger partial charge in [0, 0.05) is 28.7 Å². The number of hydrogen-bond donors (Lipinski definition) is 4. The van der Waals surface area contributed by atoms with Gasteiger partial charge in [0.25, 0.3) is 11.8 Å². The van der Waals surface area contributed by atoms with E-state index in [0.717, 1.165) is 20.6 Å². The average molecular weight is 602 g/mol. The number of thiazole rings is 1. The molecule has 12 nitrogen and oxygen atoms in total. The second-order valence-electron chi connectivity index (χ2n) is 7.61. The van der Waals surface area contributed by atoms with Gasteiger partial charge in [-0.05, 0) is 17.3 Å². The predicted octanol–water partition coefficient (Wildman–Crippen LogP) is 2.26. The van der Waals surface area contributed by atoms with Crippen molar-refractivity contribution in [3.63, 3.8) is 0 Å². The Labute approximate surface area is 232 Å². The lowest BCUT2D eigenvalue weighted by Gasteiger charge is -2.49. The molecule has 4 rings (SSSR count). The summed E-state index contributed by atoms with van der Waals surface area (Å²) in [6.45, 7) is 0.547.